The van der Waals surface area contributed by atoms with Crippen LogP contribution in [0.2, 0.25) is 0 Å². The molecule has 0 radical (unpaired) electrons. The van der Waals surface area contributed by atoms with Gasteiger partial charge in [-0.15, -0.1) is 0 Å². The van der Waals surface area contributed by atoms with E-state index in [2.05, 4.69) is 5.32 Å². The third kappa shape index (κ3) is 3.51. The highest BCUT2D eigenvalue weighted by atomic mass is 19.1. The summed E-state index contributed by atoms with van der Waals surface area (Å²) in [6.07, 6.45) is 2.63. The van der Waals surface area contributed by atoms with Crippen LogP contribution in [0.25, 0.3) is 0 Å². The van der Waals surface area contributed by atoms with Gasteiger partial charge in [0.25, 0.3) is 5.91 Å². The minimum atomic E-state index is -0.854. The standard InChI is InChI=1S/C15H18FNO4/c1-21-12-7-10(3-4-11(12)16)14(20)17-9-15(5-2-6-15)8-13(18)19/h3-4,7H,2,5-6,8-9H2,1H3,(H,17,20)(H,18,19). The number of methoxy groups -OCH3 is 1. The topological polar surface area (TPSA) is 75.6 Å². The van der Waals surface area contributed by atoms with Crippen molar-refractivity contribution in [3.8, 4) is 5.75 Å². The number of nitrogens with one attached hydrogen (secondary N) is 1. The van der Waals surface area contributed by atoms with E-state index in [0.29, 0.717) is 6.54 Å². The molecule has 2 rings (SSSR count). The average molecular weight is 295 g/mol. The Bertz CT molecular complexity index is 555. The van der Waals surface area contributed by atoms with Crippen molar-refractivity contribution in [3.05, 3.63) is 29.6 Å². The minimum absolute atomic E-state index is 0.00606. The second-order valence-electron chi connectivity index (χ2n) is 5.46. The number of halogens is 1. The van der Waals surface area contributed by atoms with Gasteiger partial charge in [-0.1, -0.05) is 6.42 Å². The van der Waals surface area contributed by atoms with Crippen LogP contribution in [-0.4, -0.2) is 30.6 Å². The van der Waals surface area contributed by atoms with Gasteiger partial charge in [-0.2, -0.15) is 0 Å². The van der Waals surface area contributed by atoms with Crippen molar-refractivity contribution in [2.24, 2.45) is 5.41 Å². The van der Waals surface area contributed by atoms with Crippen molar-refractivity contribution >= 4 is 11.9 Å². The second kappa shape index (κ2) is 6.11. The third-order valence-electron chi connectivity index (χ3n) is 3.98. The SMILES string of the molecule is COc1cc(C(=O)NCC2(CC(=O)O)CCC2)ccc1F. The van der Waals surface area contributed by atoms with Crippen LogP contribution in [-0.2, 0) is 4.79 Å². The van der Waals surface area contributed by atoms with Crippen molar-refractivity contribution in [2.45, 2.75) is 25.7 Å². The van der Waals surface area contributed by atoms with Gasteiger partial charge in [0.05, 0.1) is 13.5 Å². The Morgan fingerprint density at radius 2 is 2.14 bits per heavy atom. The van der Waals surface area contributed by atoms with E-state index in [1.54, 1.807) is 0 Å². The molecule has 21 heavy (non-hydrogen) atoms. The lowest BCUT2D eigenvalue weighted by Gasteiger charge is -2.40. The summed E-state index contributed by atoms with van der Waals surface area (Å²) in [4.78, 5) is 22.9. The maximum atomic E-state index is 13.3. The molecule has 1 fully saturated rings. The number of ether oxygens (including phenoxy) is 1. The van der Waals surface area contributed by atoms with Gasteiger partial charge in [0.2, 0.25) is 0 Å². The molecule has 1 amide bonds. The number of benzene rings is 1. The van der Waals surface area contributed by atoms with Gasteiger partial charge in [0.15, 0.2) is 11.6 Å². The molecule has 1 saturated carbocycles. The Balaban J connectivity index is 2.00. The zero-order valence-electron chi connectivity index (χ0n) is 11.8. The highest BCUT2D eigenvalue weighted by Gasteiger charge is 2.39. The van der Waals surface area contributed by atoms with Gasteiger partial charge in [-0.25, -0.2) is 4.39 Å². The van der Waals surface area contributed by atoms with Gasteiger partial charge in [0, 0.05) is 12.1 Å². The minimum Gasteiger partial charge on any atom is -0.494 e. The summed E-state index contributed by atoms with van der Waals surface area (Å²) >= 11 is 0. The zero-order chi connectivity index (χ0) is 15.5. The number of amides is 1. The van der Waals surface area contributed by atoms with Crippen molar-refractivity contribution in [1.82, 2.24) is 5.32 Å². The number of carbonyl (C=O) groups is 2. The summed E-state index contributed by atoms with van der Waals surface area (Å²) in [6.45, 7) is 0.317. The Hall–Kier alpha value is -2.11. The molecule has 1 aliphatic carbocycles. The molecule has 5 nitrogen and oxygen atoms in total. The predicted molar refractivity (Wildman–Crippen MR) is 73.8 cm³/mol. The van der Waals surface area contributed by atoms with Gasteiger partial charge in [-0.05, 0) is 36.5 Å². The maximum Gasteiger partial charge on any atom is 0.303 e. The lowest BCUT2D eigenvalue weighted by molar-refractivity contribution is -0.141. The van der Waals surface area contributed by atoms with Crippen LogP contribution >= 0.6 is 0 Å². The molecule has 114 valence electrons. The second-order valence-corrected chi connectivity index (χ2v) is 5.46. The van der Waals surface area contributed by atoms with E-state index in [-0.39, 0.29) is 29.1 Å². The third-order valence-corrected chi connectivity index (χ3v) is 3.98. The van der Waals surface area contributed by atoms with Crippen molar-refractivity contribution in [1.29, 1.82) is 0 Å². The van der Waals surface area contributed by atoms with Gasteiger partial charge >= 0.3 is 5.97 Å². The zero-order valence-corrected chi connectivity index (χ0v) is 11.8. The highest BCUT2D eigenvalue weighted by Crippen LogP contribution is 2.43. The Labute approximate surface area is 122 Å². The quantitative estimate of drug-likeness (QED) is 0.843. The van der Waals surface area contributed by atoms with Crippen molar-refractivity contribution in [2.75, 3.05) is 13.7 Å². The lowest BCUT2D eigenvalue weighted by atomic mass is 9.66. The van der Waals surface area contributed by atoms with E-state index in [1.165, 1.54) is 25.3 Å². The van der Waals surface area contributed by atoms with Crippen LogP contribution in [0.5, 0.6) is 5.75 Å². The largest absolute Gasteiger partial charge is 0.494 e. The van der Waals surface area contributed by atoms with Crippen LogP contribution in [0, 0.1) is 11.2 Å². The van der Waals surface area contributed by atoms with Crippen LogP contribution in [0.4, 0.5) is 4.39 Å². The fourth-order valence-electron chi connectivity index (χ4n) is 2.58. The molecule has 0 spiro atoms. The Kier molecular flexibility index (Phi) is 4.45. The average Bonchev–Trinajstić information content (AvgIpc) is 2.41. The molecule has 1 aliphatic rings. The molecule has 1 aromatic rings. The molecular weight excluding hydrogens is 277 g/mol. The molecule has 6 heteroatoms. The van der Waals surface area contributed by atoms with E-state index in [0.717, 1.165) is 19.3 Å². The van der Waals surface area contributed by atoms with E-state index in [9.17, 15) is 14.0 Å². The maximum absolute atomic E-state index is 13.3. The monoisotopic (exact) mass is 295 g/mol. The Morgan fingerprint density at radius 1 is 1.43 bits per heavy atom. The molecule has 0 unspecified atom stereocenters. The molecule has 0 aromatic heterocycles. The van der Waals surface area contributed by atoms with Crippen molar-refractivity contribution in [3.63, 3.8) is 0 Å². The normalized spacial score (nSPS) is 15.9. The number of hydrogen-bond acceptors (Lipinski definition) is 3. The molecule has 0 heterocycles. The first-order valence-electron chi connectivity index (χ1n) is 6.79. The first kappa shape index (κ1) is 15.3. The van der Waals surface area contributed by atoms with Gasteiger partial charge in [0.1, 0.15) is 0 Å². The van der Waals surface area contributed by atoms with Crippen LogP contribution in [0.3, 0.4) is 0 Å². The first-order chi connectivity index (χ1) is 9.96. The first-order valence-corrected chi connectivity index (χ1v) is 6.79. The fraction of sp³-hybridized carbons (Fsp3) is 0.467. The number of rotatable bonds is 6. The smallest absolute Gasteiger partial charge is 0.303 e. The Morgan fingerprint density at radius 3 is 2.67 bits per heavy atom. The highest BCUT2D eigenvalue weighted by molar-refractivity contribution is 5.94. The van der Waals surface area contributed by atoms with Crippen LogP contribution in [0.15, 0.2) is 18.2 Å². The molecule has 0 atom stereocenters. The summed E-state index contributed by atoms with van der Waals surface area (Å²) in [5.41, 5.74) is -0.0518. The van der Waals surface area contributed by atoms with Crippen molar-refractivity contribution < 1.29 is 23.8 Å². The number of aliphatic carboxylic acids is 1. The molecule has 2 N–H and O–H groups in total. The van der Waals surface area contributed by atoms with Gasteiger partial charge in [-0.3, -0.25) is 9.59 Å². The number of carbonyl (C=O) groups excluding carboxylic acids is 1. The number of carboxylic acids is 1. The number of hydrogen-bond donors (Lipinski definition) is 2. The summed E-state index contributed by atoms with van der Waals surface area (Å²) < 4.78 is 18.1. The number of carboxylic acid groups (broad SMARTS) is 1. The van der Waals surface area contributed by atoms with E-state index < -0.39 is 11.8 Å². The van der Waals surface area contributed by atoms with E-state index in [4.69, 9.17) is 9.84 Å². The fourth-order valence-corrected chi connectivity index (χ4v) is 2.58. The lowest BCUT2D eigenvalue weighted by Crippen LogP contribution is -2.43. The summed E-state index contributed by atoms with van der Waals surface area (Å²) in [7, 11) is 1.33. The summed E-state index contributed by atoms with van der Waals surface area (Å²) in [6, 6.07) is 3.87. The summed E-state index contributed by atoms with van der Waals surface area (Å²) in [5, 5.41) is 11.7. The van der Waals surface area contributed by atoms with Gasteiger partial charge < -0.3 is 15.2 Å². The van der Waals surface area contributed by atoms with E-state index >= 15 is 0 Å². The predicted octanol–water partition coefficient (Wildman–Crippen LogP) is 2.21. The molecule has 0 aliphatic heterocycles. The van der Waals surface area contributed by atoms with Crippen LogP contribution < -0.4 is 10.1 Å². The molecule has 0 bridgehead atoms. The molecule has 1 aromatic carbocycles. The molecule has 0 saturated heterocycles. The van der Waals surface area contributed by atoms with Crippen LogP contribution in [0.1, 0.15) is 36.0 Å². The summed E-state index contributed by atoms with van der Waals surface area (Å²) in [5.74, 6) is -1.74. The van der Waals surface area contributed by atoms with E-state index in [1.807, 2.05) is 0 Å². The molecular formula is C15H18FNO4.